The standard InChI is InChI=1S/C23H35NO2/c1-16(2)17-7-9-19-18(15-17)8-10-20-22(3,4)12-11-21(23(19,20)5)24-26-14-6-13-25/h7,9,15-16,20,25H,6,8,10-14H2,1-5H3/t20?,23-/m1/s1. The minimum absolute atomic E-state index is 0.0515. The van der Waals surface area contributed by atoms with Crippen LogP contribution in [0.5, 0.6) is 0 Å². The van der Waals surface area contributed by atoms with Crippen LogP contribution in [0, 0.1) is 11.3 Å². The van der Waals surface area contributed by atoms with Crippen molar-refractivity contribution in [3.63, 3.8) is 0 Å². The normalized spacial score (nSPS) is 28.7. The van der Waals surface area contributed by atoms with E-state index in [9.17, 15) is 0 Å². The van der Waals surface area contributed by atoms with Crippen molar-refractivity contribution in [3.8, 4) is 0 Å². The van der Waals surface area contributed by atoms with Crippen LogP contribution in [-0.2, 0) is 16.7 Å². The second kappa shape index (κ2) is 7.34. The van der Waals surface area contributed by atoms with Crippen LogP contribution in [-0.4, -0.2) is 24.0 Å². The maximum absolute atomic E-state index is 8.98. The second-order valence-electron chi connectivity index (χ2n) is 9.30. The zero-order chi connectivity index (χ0) is 18.9. The molecule has 0 radical (unpaired) electrons. The summed E-state index contributed by atoms with van der Waals surface area (Å²) < 4.78 is 0. The molecule has 144 valence electrons. The van der Waals surface area contributed by atoms with Crippen molar-refractivity contribution in [2.45, 2.75) is 78.1 Å². The van der Waals surface area contributed by atoms with E-state index >= 15 is 0 Å². The molecule has 0 saturated heterocycles. The highest BCUT2D eigenvalue weighted by Crippen LogP contribution is 2.56. The molecule has 3 rings (SSSR count). The van der Waals surface area contributed by atoms with E-state index in [-0.39, 0.29) is 12.0 Å². The third-order valence-corrected chi connectivity index (χ3v) is 6.87. The molecular formula is C23H35NO2. The quantitative estimate of drug-likeness (QED) is 0.581. The van der Waals surface area contributed by atoms with Crippen molar-refractivity contribution >= 4 is 5.71 Å². The number of benzene rings is 1. The fraction of sp³-hybridized carbons (Fsp3) is 0.696. The summed E-state index contributed by atoms with van der Waals surface area (Å²) in [7, 11) is 0. The molecule has 0 bridgehead atoms. The van der Waals surface area contributed by atoms with Crippen molar-refractivity contribution in [1.29, 1.82) is 0 Å². The molecule has 1 fully saturated rings. The molecule has 2 aliphatic rings. The lowest BCUT2D eigenvalue weighted by Gasteiger charge is -2.54. The summed E-state index contributed by atoms with van der Waals surface area (Å²) in [6, 6.07) is 7.09. The molecule has 1 aromatic carbocycles. The summed E-state index contributed by atoms with van der Waals surface area (Å²) in [6.07, 6.45) is 5.17. The van der Waals surface area contributed by atoms with Gasteiger partial charge in [-0.1, -0.05) is 51.0 Å². The first-order valence-corrected chi connectivity index (χ1v) is 10.2. The number of aliphatic hydroxyl groups excluding tert-OH is 1. The summed E-state index contributed by atoms with van der Waals surface area (Å²) in [5.74, 6) is 1.14. The van der Waals surface area contributed by atoms with Crippen molar-refractivity contribution in [2.75, 3.05) is 13.2 Å². The Bertz CT molecular complexity index is 677. The van der Waals surface area contributed by atoms with Crippen molar-refractivity contribution in [1.82, 2.24) is 0 Å². The molecule has 1 saturated carbocycles. The van der Waals surface area contributed by atoms with E-state index in [1.807, 2.05) is 0 Å². The Hall–Kier alpha value is -1.35. The molecule has 0 heterocycles. The fourth-order valence-corrected chi connectivity index (χ4v) is 5.26. The lowest BCUT2D eigenvalue weighted by molar-refractivity contribution is 0.0880. The summed E-state index contributed by atoms with van der Waals surface area (Å²) in [5, 5.41) is 13.6. The minimum Gasteiger partial charge on any atom is -0.396 e. The van der Waals surface area contributed by atoms with Crippen LogP contribution in [0.3, 0.4) is 0 Å². The van der Waals surface area contributed by atoms with Gasteiger partial charge in [-0.15, -0.1) is 0 Å². The molecule has 3 heteroatoms. The van der Waals surface area contributed by atoms with Crippen LogP contribution < -0.4 is 0 Å². The third-order valence-electron chi connectivity index (χ3n) is 6.87. The summed E-state index contributed by atoms with van der Waals surface area (Å²) >= 11 is 0. The highest BCUT2D eigenvalue weighted by molar-refractivity contribution is 5.96. The molecule has 1 N–H and O–H groups in total. The molecule has 26 heavy (non-hydrogen) atoms. The molecule has 3 nitrogen and oxygen atoms in total. The van der Waals surface area contributed by atoms with Gasteiger partial charge >= 0.3 is 0 Å². The Balaban J connectivity index is 2.03. The Morgan fingerprint density at radius 1 is 1.23 bits per heavy atom. The summed E-state index contributed by atoms with van der Waals surface area (Å²) in [6.45, 7) is 12.4. The van der Waals surface area contributed by atoms with Crippen LogP contribution in [0.4, 0.5) is 0 Å². The molecule has 0 aliphatic heterocycles. The molecule has 2 atom stereocenters. The average Bonchev–Trinajstić information content (AvgIpc) is 2.59. The molecule has 1 aromatic rings. The predicted molar refractivity (Wildman–Crippen MR) is 108 cm³/mol. The molecule has 2 aliphatic carbocycles. The average molecular weight is 358 g/mol. The first-order valence-electron chi connectivity index (χ1n) is 10.2. The number of hydrogen-bond acceptors (Lipinski definition) is 3. The third kappa shape index (κ3) is 3.31. The monoisotopic (exact) mass is 357 g/mol. The van der Waals surface area contributed by atoms with Gasteiger partial charge in [0.1, 0.15) is 6.61 Å². The van der Waals surface area contributed by atoms with E-state index in [0.717, 1.165) is 19.3 Å². The van der Waals surface area contributed by atoms with Gasteiger partial charge in [-0.2, -0.15) is 0 Å². The molecule has 0 amide bonds. The van der Waals surface area contributed by atoms with Crippen LogP contribution in [0.1, 0.15) is 82.9 Å². The zero-order valence-electron chi connectivity index (χ0n) is 17.1. The number of nitrogens with zero attached hydrogens (tertiary/aromatic N) is 1. The van der Waals surface area contributed by atoms with Gasteiger partial charge in [0.15, 0.2) is 0 Å². The highest BCUT2D eigenvalue weighted by Gasteiger charge is 2.53. The minimum atomic E-state index is -0.0515. The second-order valence-corrected chi connectivity index (χ2v) is 9.30. The van der Waals surface area contributed by atoms with Crippen molar-refractivity contribution in [3.05, 3.63) is 34.9 Å². The topological polar surface area (TPSA) is 41.8 Å². The van der Waals surface area contributed by atoms with Gasteiger partial charge in [0.25, 0.3) is 0 Å². The zero-order valence-corrected chi connectivity index (χ0v) is 17.1. The Kier molecular flexibility index (Phi) is 5.48. The maximum Gasteiger partial charge on any atom is 0.119 e. The van der Waals surface area contributed by atoms with Crippen LogP contribution >= 0.6 is 0 Å². The molecule has 0 spiro atoms. The van der Waals surface area contributed by atoms with Crippen LogP contribution in [0.15, 0.2) is 23.4 Å². The predicted octanol–water partition coefficient (Wildman–Crippen LogP) is 5.21. The van der Waals surface area contributed by atoms with Gasteiger partial charge in [-0.05, 0) is 66.5 Å². The van der Waals surface area contributed by atoms with E-state index in [0.29, 0.717) is 30.3 Å². The van der Waals surface area contributed by atoms with E-state index in [4.69, 9.17) is 9.94 Å². The fourth-order valence-electron chi connectivity index (χ4n) is 5.26. The first kappa shape index (κ1) is 19.4. The number of rotatable bonds is 5. The van der Waals surface area contributed by atoms with Gasteiger partial charge in [0.05, 0.1) is 5.71 Å². The molecule has 0 aromatic heterocycles. The number of fused-ring (bicyclic) bond motifs is 3. The number of hydrogen-bond donors (Lipinski definition) is 1. The summed E-state index contributed by atoms with van der Waals surface area (Å²) in [4.78, 5) is 5.60. The van der Waals surface area contributed by atoms with Gasteiger partial charge in [0, 0.05) is 18.4 Å². The van der Waals surface area contributed by atoms with Crippen LogP contribution in [0.2, 0.25) is 0 Å². The van der Waals surface area contributed by atoms with E-state index in [2.05, 4.69) is 58.0 Å². The summed E-state index contributed by atoms with van der Waals surface area (Å²) in [5.41, 5.74) is 5.83. The SMILES string of the molecule is CC(C)c1ccc2c(c1)CCC1C(C)(C)CCC(=NOCCCO)[C@]21C. The Morgan fingerprint density at radius 3 is 2.69 bits per heavy atom. The van der Waals surface area contributed by atoms with Crippen molar-refractivity contribution < 1.29 is 9.94 Å². The van der Waals surface area contributed by atoms with Crippen molar-refractivity contribution in [2.24, 2.45) is 16.5 Å². The molecule has 1 unspecified atom stereocenters. The van der Waals surface area contributed by atoms with Gasteiger partial charge in [0.2, 0.25) is 0 Å². The number of aryl methyl sites for hydroxylation is 1. The number of aliphatic hydroxyl groups is 1. The van der Waals surface area contributed by atoms with Crippen LogP contribution in [0.25, 0.3) is 0 Å². The smallest absolute Gasteiger partial charge is 0.119 e. The Labute approximate surface area is 158 Å². The van der Waals surface area contributed by atoms with Gasteiger partial charge in [-0.3, -0.25) is 0 Å². The lowest BCUT2D eigenvalue weighted by atomic mass is 9.49. The van der Waals surface area contributed by atoms with E-state index in [1.54, 1.807) is 0 Å². The lowest BCUT2D eigenvalue weighted by Crippen LogP contribution is -2.53. The Morgan fingerprint density at radius 2 is 2.00 bits per heavy atom. The van der Waals surface area contributed by atoms with Gasteiger partial charge < -0.3 is 9.94 Å². The maximum atomic E-state index is 8.98. The largest absolute Gasteiger partial charge is 0.396 e. The molecular weight excluding hydrogens is 322 g/mol. The van der Waals surface area contributed by atoms with E-state index in [1.165, 1.54) is 28.8 Å². The number of oxime groups is 1. The first-order chi connectivity index (χ1) is 12.3. The van der Waals surface area contributed by atoms with E-state index < -0.39 is 0 Å². The highest BCUT2D eigenvalue weighted by atomic mass is 16.6. The van der Waals surface area contributed by atoms with Gasteiger partial charge in [-0.25, -0.2) is 0 Å².